The third kappa shape index (κ3) is 2.80. The van der Waals surface area contributed by atoms with Crippen LogP contribution in [0.2, 0.25) is 0 Å². The second-order valence-corrected chi connectivity index (χ2v) is 5.66. The zero-order chi connectivity index (χ0) is 17.4. The maximum atomic E-state index is 14.5. The van der Waals surface area contributed by atoms with Gasteiger partial charge in [0.25, 0.3) is 5.91 Å². The Hall–Kier alpha value is -2.96. The topological polar surface area (TPSA) is 73.0 Å². The van der Waals surface area contributed by atoms with Crippen LogP contribution in [0.15, 0.2) is 28.8 Å². The fourth-order valence-corrected chi connectivity index (χ4v) is 2.54. The third-order valence-corrected chi connectivity index (χ3v) is 3.72. The van der Waals surface area contributed by atoms with Gasteiger partial charge in [-0.25, -0.2) is 9.07 Å². The highest BCUT2D eigenvalue weighted by Gasteiger charge is 2.16. The molecule has 0 aliphatic carbocycles. The lowest BCUT2D eigenvalue weighted by atomic mass is 10.1. The molecule has 0 fully saturated rings. The SMILES string of the molecule is Cc1cc(C)n(-c2ccc(C(=O)Nc3c(C)noc3C)cc2F)n1. The molecule has 124 valence electrons. The van der Waals surface area contributed by atoms with Crippen LogP contribution in [-0.2, 0) is 0 Å². The summed E-state index contributed by atoms with van der Waals surface area (Å²) in [6.07, 6.45) is 0. The lowest BCUT2D eigenvalue weighted by molar-refractivity contribution is 0.102. The van der Waals surface area contributed by atoms with Gasteiger partial charge in [-0.15, -0.1) is 0 Å². The highest BCUT2D eigenvalue weighted by Crippen LogP contribution is 2.21. The minimum atomic E-state index is -0.521. The van der Waals surface area contributed by atoms with Crippen LogP contribution in [-0.4, -0.2) is 20.8 Å². The van der Waals surface area contributed by atoms with Gasteiger partial charge in [-0.3, -0.25) is 4.79 Å². The maximum Gasteiger partial charge on any atom is 0.255 e. The number of nitrogens with zero attached hydrogens (tertiary/aromatic N) is 3. The monoisotopic (exact) mass is 328 g/mol. The van der Waals surface area contributed by atoms with Crippen LogP contribution in [0.25, 0.3) is 5.69 Å². The molecule has 0 radical (unpaired) electrons. The molecule has 0 atom stereocenters. The summed E-state index contributed by atoms with van der Waals surface area (Å²) < 4.78 is 21.0. The fourth-order valence-electron chi connectivity index (χ4n) is 2.54. The first-order valence-corrected chi connectivity index (χ1v) is 7.44. The number of carbonyl (C=O) groups excluding carboxylic acids is 1. The van der Waals surface area contributed by atoms with Gasteiger partial charge in [0.1, 0.15) is 22.9 Å². The van der Waals surface area contributed by atoms with Crippen molar-refractivity contribution in [2.45, 2.75) is 27.7 Å². The number of aromatic nitrogens is 3. The van der Waals surface area contributed by atoms with Crippen molar-refractivity contribution in [1.82, 2.24) is 14.9 Å². The Morgan fingerprint density at radius 3 is 2.50 bits per heavy atom. The van der Waals surface area contributed by atoms with Gasteiger partial charge in [-0.05, 0) is 52.0 Å². The number of aryl methyl sites for hydroxylation is 4. The van der Waals surface area contributed by atoms with E-state index in [1.54, 1.807) is 19.9 Å². The standard InChI is InChI=1S/C17H17FN4O2/c1-9-7-10(2)22(20-9)15-6-5-13(8-14(15)18)17(23)19-16-11(3)21-24-12(16)4/h5-8H,1-4H3,(H,19,23). The van der Waals surface area contributed by atoms with E-state index in [-0.39, 0.29) is 5.56 Å². The van der Waals surface area contributed by atoms with Gasteiger partial charge in [-0.1, -0.05) is 5.16 Å². The van der Waals surface area contributed by atoms with Crippen LogP contribution in [0.1, 0.15) is 33.2 Å². The number of amides is 1. The van der Waals surface area contributed by atoms with Gasteiger partial charge in [-0.2, -0.15) is 5.10 Å². The van der Waals surface area contributed by atoms with E-state index in [2.05, 4.69) is 15.6 Å². The van der Waals surface area contributed by atoms with Crippen LogP contribution in [0.5, 0.6) is 0 Å². The predicted octanol–water partition coefficient (Wildman–Crippen LogP) is 3.49. The van der Waals surface area contributed by atoms with E-state index in [9.17, 15) is 9.18 Å². The van der Waals surface area contributed by atoms with Crippen LogP contribution >= 0.6 is 0 Å². The quantitative estimate of drug-likeness (QED) is 0.799. The number of rotatable bonds is 3. The molecule has 2 heterocycles. The predicted molar refractivity (Wildman–Crippen MR) is 86.9 cm³/mol. The first-order chi connectivity index (χ1) is 11.4. The van der Waals surface area contributed by atoms with Gasteiger partial charge >= 0.3 is 0 Å². The van der Waals surface area contributed by atoms with Gasteiger partial charge in [0.2, 0.25) is 0 Å². The molecule has 0 aliphatic rings. The molecule has 1 aromatic carbocycles. The molecule has 7 heteroatoms. The summed E-state index contributed by atoms with van der Waals surface area (Å²) in [7, 11) is 0. The zero-order valence-electron chi connectivity index (χ0n) is 13.8. The highest BCUT2D eigenvalue weighted by molar-refractivity contribution is 6.04. The largest absolute Gasteiger partial charge is 0.359 e. The summed E-state index contributed by atoms with van der Waals surface area (Å²) in [6, 6.07) is 6.15. The van der Waals surface area contributed by atoms with E-state index in [0.717, 1.165) is 11.4 Å². The van der Waals surface area contributed by atoms with E-state index in [0.29, 0.717) is 22.8 Å². The molecule has 0 bridgehead atoms. The number of benzene rings is 1. The van der Waals surface area contributed by atoms with Gasteiger partial charge < -0.3 is 9.84 Å². The Bertz CT molecular complexity index is 907. The van der Waals surface area contributed by atoms with E-state index >= 15 is 0 Å². The highest BCUT2D eigenvalue weighted by atomic mass is 19.1. The summed E-state index contributed by atoms with van der Waals surface area (Å²) in [5.74, 6) is -0.448. The molecule has 1 N–H and O–H groups in total. The second kappa shape index (κ2) is 5.92. The fraction of sp³-hybridized carbons (Fsp3) is 0.235. The zero-order valence-corrected chi connectivity index (χ0v) is 13.8. The Morgan fingerprint density at radius 1 is 1.21 bits per heavy atom. The molecule has 24 heavy (non-hydrogen) atoms. The molecule has 6 nitrogen and oxygen atoms in total. The number of halogens is 1. The number of nitrogens with one attached hydrogen (secondary N) is 1. The molecule has 2 aromatic heterocycles. The van der Waals surface area contributed by atoms with Gasteiger partial charge in [0.15, 0.2) is 5.76 Å². The minimum absolute atomic E-state index is 0.206. The molecular formula is C17H17FN4O2. The van der Waals surface area contributed by atoms with Crippen molar-refractivity contribution in [2.24, 2.45) is 0 Å². The molecule has 0 saturated heterocycles. The molecule has 3 rings (SSSR count). The third-order valence-electron chi connectivity index (χ3n) is 3.72. The summed E-state index contributed by atoms with van der Waals surface area (Å²) in [5, 5.41) is 10.7. The number of carbonyl (C=O) groups is 1. The molecule has 0 spiro atoms. The van der Waals surface area contributed by atoms with Gasteiger partial charge in [0, 0.05) is 11.3 Å². The summed E-state index contributed by atoms with van der Waals surface area (Å²) in [4.78, 5) is 12.3. The smallest absolute Gasteiger partial charge is 0.255 e. The van der Waals surface area contributed by atoms with Crippen LogP contribution in [0.4, 0.5) is 10.1 Å². The number of hydrogen-bond acceptors (Lipinski definition) is 4. The maximum absolute atomic E-state index is 14.5. The molecule has 3 aromatic rings. The lowest BCUT2D eigenvalue weighted by Gasteiger charge is -2.09. The van der Waals surface area contributed by atoms with Crippen molar-refractivity contribution in [3.63, 3.8) is 0 Å². The average molecular weight is 328 g/mol. The van der Waals surface area contributed by atoms with Crippen LogP contribution < -0.4 is 5.32 Å². The Balaban J connectivity index is 1.89. The van der Waals surface area contributed by atoms with Crippen LogP contribution in [0, 0.1) is 33.5 Å². The van der Waals surface area contributed by atoms with E-state index in [4.69, 9.17) is 4.52 Å². The Kier molecular flexibility index (Phi) is 3.92. The second-order valence-electron chi connectivity index (χ2n) is 5.66. The Morgan fingerprint density at radius 2 is 1.96 bits per heavy atom. The first-order valence-electron chi connectivity index (χ1n) is 7.44. The molecule has 0 saturated carbocycles. The minimum Gasteiger partial charge on any atom is -0.359 e. The molecule has 0 unspecified atom stereocenters. The average Bonchev–Trinajstić information content (AvgIpc) is 3.02. The van der Waals surface area contributed by atoms with Crippen molar-refractivity contribution < 1.29 is 13.7 Å². The Labute approximate surface area is 138 Å². The summed E-state index contributed by atoms with van der Waals surface area (Å²) in [6.45, 7) is 7.10. The molecular weight excluding hydrogens is 311 g/mol. The number of hydrogen-bond donors (Lipinski definition) is 1. The molecule has 1 amide bonds. The van der Waals surface area contributed by atoms with E-state index in [1.807, 2.05) is 19.9 Å². The van der Waals surface area contributed by atoms with E-state index < -0.39 is 11.7 Å². The van der Waals surface area contributed by atoms with E-state index in [1.165, 1.54) is 16.8 Å². The van der Waals surface area contributed by atoms with Crippen molar-refractivity contribution in [1.29, 1.82) is 0 Å². The summed E-state index contributed by atoms with van der Waals surface area (Å²) >= 11 is 0. The van der Waals surface area contributed by atoms with Crippen molar-refractivity contribution in [2.75, 3.05) is 5.32 Å². The van der Waals surface area contributed by atoms with Gasteiger partial charge in [0.05, 0.1) is 5.69 Å². The normalized spacial score (nSPS) is 10.9. The summed E-state index contributed by atoms with van der Waals surface area (Å²) in [5.41, 5.74) is 3.20. The van der Waals surface area contributed by atoms with Crippen LogP contribution in [0.3, 0.4) is 0 Å². The number of anilines is 1. The van der Waals surface area contributed by atoms with Crippen molar-refractivity contribution in [3.05, 3.63) is 58.5 Å². The lowest BCUT2D eigenvalue weighted by Crippen LogP contribution is -2.14. The van der Waals surface area contributed by atoms with Crippen molar-refractivity contribution in [3.8, 4) is 5.69 Å². The van der Waals surface area contributed by atoms with Crippen molar-refractivity contribution >= 4 is 11.6 Å². The first kappa shape index (κ1) is 15.9. The molecule has 0 aliphatic heterocycles.